The first-order chi connectivity index (χ1) is 14.9. The summed E-state index contributed by atoms with van der Waals surface area (Å²) in [6.45, 7) is 2.91. The fraction of sp³-hybridized carbons (Fsp3) is 0.308. The quantitative estimate of drug-likeness (QED) is 0.419. The first kappa shape index (κ1) is 23.2. The van der Waals surface area contributed by atoms with Crippen molar-refractivity contribution in [2.45, 2.75) is 38.3 Å². The van der Waals surface area contributed by atoms with Crippen LogP contribution in [0.15, 0.2) is 84.9 Å². The molecule has 4 nitrogen and oxygen atoms in total. The normalized spacial score (nSPS) is 13.6. The van der Waals surface area contributed by atoms with Crippen molar-refractivity contribution in [3.63, 3.8) is 0 Å². The molecule has 31 heavy (non-hydrogen) atoms. The standard InChI is InChI=1S/C26H32N2O2S/c1-21-16-18-22(19-17-21)11-9-10-20-27-25(23-12-5-3-6-13-23)26(28-31(2,29)30)24-14-7-4-8-15-24/h3-8,12-19,25-28H,9-11,20H2,1-2H3/t25-,26-/m0/s1. The van der Waals surface area contributed by atoms with Gasteiger partial charge in [0.15, 0.2) is 0 Å². The lowest BCUT2D eigenvalue weighted by atomic mass is 9.94. The highest BCUT2D eigenvalue weighted by Crippen LogP contribution is 2.29. The van der Waals surface area contributed by atoms with Crippen LogP contribution in [-0.4, -0.2) is 21.2 Å². The van der Waals surface area contributed by atoms with Gasteiger partial charge in [0.1, 0.15) is 0 Å². The third kappa shape index (κ3) is 7.62. The number of hydrogen-bond donors (Lipinski definition) is 2. The zero-order valence-corrected chi connectivity index (χ0v) is 19.1. The van der Waals surface area contributed by atoms with E-state index in [1.54, 1.807) is 0 Å². The predicted molar refractivity (Wildman–Crippen MR) is 128 cm³/mol. The van der Waals surface area contributed by atoms with Crippen LogP contribution in [0, 0.1) is 6.92 Å². The summed E-state index contributed by atoms with van der Waals surface area (Å²) in [5, 5.41) is 3.63. The van der Waals surface area contributed by atoms with Crippen LogP contribution in [0.4, 0.5) is 0 Å². The van der Waals surface area contributed by atoms with Gasteiger partial charge in [-0.1, -0.05) is 90.5 Å². The Bertz CT molecular complexity index is 1020. The summed E-state index contributed by atoms with van der Waals surface area (Å²) in [4.78, 5) is 0. The predicted octanol–water partition coefficient (Wildman–Crippen LogP) is 4.94. The monoisotopic (exact) mass is 436 g/mol. The number of hydrogen-bond acceptors (Lipinski definition) is 3. The van der Waals surface area contributed by atoms with Crippen LogP contribution >= 0.6 is 0 Å². The maximum atomic E-state index is 12.2. The highest BCUT2D eigenvalue weighted by molar-refractivity contribution is 7.88. The number of rotatable bonds is 11. The molecule has 3 aromatic carbocycles. The zero-order chi connectivity index (χ0) is 22.1. The van der Waals surface area contributed by atoms with Crippen molar-refractivity contribution < 1.29 is 8.42 Å². The van der Waals surface area contributed by atoms with E-state index in [1.807, 2.05) is 60.7 Å². The van der Waals surface area contributed by atoms with E-state index in [1.165, 1.54) is 17.4 Å². The van der Waals surface area contributed by atoms with Gasteiger partial charge in [0.25, 0.3) is 0 Å². The number of aryl methyl sites for hydroxylation is 2. The van der Waals surface area contributed by atoms with Crippen LogP contribution in [-0.2, 0) is 16.4 Å². The molecule has 3 aromatic rings. The number of nitrogens with one attached hydrogen (secondary N) is 2. The summed E-state index contributed by atoms with van der Waals surface area (Å²) in [7, 11) is -3.39. The highest BCUT2D eigenvalue weighted by atomic mass is 32.2. The van der Waals surface area contributed by atoms with E-state index in [-0.39, 0.29) is 6.04 Å². The van der Waals surface area contributed by atoms with E-state index in [2.05, 4.69) is 41.2 Å². The topological polar surface area (TPSA) is 58.2 Å². The molecule has 0 bridgehead atoms. The molecule has 0 heterocycles. The molecule has 0 aliphatic heterocycles. The maximum Gasteiger partial charge on any atom is 0.209 e. The smallest absolute Gasteiger partial charge is 0.209 e. The molecule has 0 aliphatic carbocycles. The van der Waals surface area contributed by atoms with Gasteiger partial charge in [-0.15, -0.1) is 0 Å². The molecule has 3 rings (SSSR count). The Hall–Kier alpha value is -2.47. The van der Waals surface area contributed by atoms with Crippen LogP contribution in [0.2, 0.25) is 0 Å². The summed E-state index contributed by atoms with van der Waals surface area (Å²) in [6.07, 6.45) is 4.35. The number of benzene rings is 3. The number of unbranched alkanes of at least 4 members (excludes halogenated alkanes) is 1. The van der Waals surface area contributed by atoms with Gasteiger partial charge in [-0.25, -0.2) is 13.1 Å². The van der Waals surface area contributed by atoms with Crippen LogP contribution in [0.1, 0.15) is 47.2 Å². The molecule has 2 N–H and O–H groups in total. The van der Waals surface area contributed by atoms with E-state index in [9.17, 15) is 8.42 Å². The van der Waals surface area contributed by atoms with Crippen molar-refractivity contribution in [2.75, 3.05) is 12.8 Å². The van der Waals surface area contributed by atoms with Crippen molar-refractivity contribution in [1.82, 2.24) is 10.0 Å². The van der Waals surface area contributed by atoms with E-state index in [0.717, 1.165) is 36.9 Å². The van der Waals surface area contributed by atoms with Gasteiger partial charge in [0.05, 0.1) is 18.3 Å². The van der Waals surface area contributed by atoms with Gasteiger partial charge >= 0.3 is 0 Å². The Balaban J connectivity index is 1.71. The van der Waals surface area contributed by atoms with Gasteiger partial charge < -0.3 is 5.32 Å². The zero-order valence-electron chi connectivity index (χ0n) is 18.3. The summed E-state index contributed by atoms with van der Waals surface area (Å²) < 4.78 is 27.2. The Labute approximate surface area is 186 Å². The molecule has 0 radical (unpaired) electrons. The fourth-order valence-electron chi connectivity index (χ4n) is 3.77. The molecule has 0 aliphatic rings. The van der Waals surface area contributed by atoms with Crippen molar-refractivity contribution in [3.8, 4) is 0 Å². The summed E-state index contributed by atoms with van der Waals surface area (Å²) in [5.74, 6) is 0. The van der Waals surface area contributed by atoms with Gasteiger partial charge in [0, 0.05) is 0 Å². The SMILES string of the molecule is Cc1ccc(CCCCN[C@@H](c2ccccc2)[C@@H](NS(C)(=O)=O)c2ccccc2)cc1. The minimum Gasteiger partial charge on any atom is -0.308 e. The highest BCUT2D eigenvalue weighted by Gasteiger charge is 2.27. The van der Waals surface area contributed by atoms with Crippen molar-refractivity contribution in [1.29, 1.82) is 0 Å². The Morgan fingerprint density at radius 3 is 1.84 bits per heavy atom. The minimum atomic E-state index is -3.39. The van der Waals surface area contributed by atoms with Crippen LogP contribution in [0.25, 0.3) is 0 Å². The van der Waals surface area contributed by atoms with E-state index >= 15 is 0 Å². The molecule has 2 atom stereocenters. The maximum absolute atomic E-state index is 12.2. The average Bonchev–Trinajstić information content (AvgIpc) is 2.77. The van der Waals surface area contributed by atoms with Gasteiger partial charge in [0.2, 0.25) is 10.0 Å². The molecular weight excluding hydrogens is 404 g/mol. The summed E-state index contributed by atoms with van der Waals surface area (Å²) in [5.41, 5.74) is 4.63. The lowest BCUT2D eigenvalue weighted by Crippen LogP contribution is -2.38. The molecule has 0 aromatic heterocycles. The van der Waals surface area contributed by atoms with Crippen molar-refractivity contribution in [2.24, 2.45) is 0 Å². The molecule has 0 fully saturated rings. The van der Waals surface area contributed by atoms with Crippen LogP contribution in [0.5, 0.6) is 0 Å². The van der Waals surface area contributed by atoms with E-state index in [0.29, 0.717) is 0 Å². The minimum absolute atomic E-state index is 0.169. The second kappa shape index (κ2) is 11.2. The molecular formula is C26H32N2O2S. The molecule has 0 unspecified atom stereocenters. The first-order valence-electron chi connectivity index (χ1n) is 10.8. The van der Waals surface area contributed by atoms with Crippen LogP contribution < -0.4 is 10.0 Å². The fourth-order valence-corrected chi connectivity index (χ4v) is 4.51. The van der Waals surface area contributed by atoms with Crippen molar-refractivity contribution in [3.05, 3.63) is 107 Å². The molecule has 5 heteroatoms. The molecule has 0 amide bonds. The third-order valence-corrected chi connectivity index (χ3v) is 6.05. The summed E-state index contributed by atoms with van der Waals surface area (Å²) in [6, 6.07) is 27.9. The second-order valence-electron chi connectivity index (χ2n) is 8.06. The van der Waals surface area contributed by atoms with Crippen LogP contribution in [0.3, 0.4) is 0 Å². The van der Waals surface area contributed by atoms with Crippen molar-refractivity contribution >= 4 is 10.0 Å². The Morgan fingerprint density at radius 1 is 0.742 bits per heavy atom. The van der Waals surface area contributed by atoms with E-state index in [4.69, 9.17) is 0 Å². The second-order valence-corrected chi connectivity index (χ2v) is 9.84. The molecule has 0 spiro atoms. The van der Waals surface area contributed by atoms with E-state index < -0.39 is 16.1 Å². The summed E-state index contributed by atoms with van der Waals surface area (Å²) >= 11 is 0. The molecule has 164 valence electrons. The first-order valence-corrected chi connectivity index (χ1v) is 12.7. The lowest BCUT2D eigenvalue weighted by molar-refractivity contribution is 0.418. The van der Waals surface area contributed by atoms with Gasteiger partial charge in [-0.05, 0) is 49.4 Å². The lowest BCUT2D eigenvalue weighted by Gasteiger charge is -2.29. The third-order valence-electron chi connectivity index (χ3n) is 5.37. The Morgan fingerprint density at radius 2 is 1.29 bits per heavy atom. The molecule has 0 saturated heterocycles. The Kier molecular flexibility index (Phi) is 8.41. The number of sulfonamides is 1. The largest absolute Gasteiger partial charge is 0.308 e. The molecule has 0 saturated carbocycles. The van der Waals surface area contributed by atoms with Gasteiger partial charge in [-0.3, -0.25) is 0 Å². The average molecular weight is 437 g/mol. The van der Waals surface area contributed by atoms with Gasteiger partial charge in [-0.2, -0.15) is 0 Å².